The molecule has 68 valence electrons. The third-order valence-corrected chi connectivity index (χ3v) is 2.98. The SMILES string of the molecule is N#Cc1ccc(F)c2cc(C=O)sc12. The zero-order valence-corrected chi connectivity index (χ0v) is 7.77. The number of nitrogens with zero attached hydrogens (tertiary/aromatic N) is 1. The first-order valence-corrected chi connectivity index (χ1v) is 4.65. The van der Waals surface area contributed by atoms with Crippen molar-refractivity contribution in [2.75, 3.05) is 0 Å². The van der Waals surface area contributed by atoms with Crippen LogP contribution in [-0.4, -0.2) is 6.29 Å². The quantitative estimate of drug-likeness (QED) is 0.671. The average Bonchev–Trinajstić information content (AvgIpc) is 2.63. The van der Waals surface area contributed by atoms with Crippen molar-refractivity contribution in [1.29, 1.82) is 5.26 Å². The van der Waals surface area contributed by atoms with Crippen LogP contribution in [0, 0.1) is 17.1 Å². The van der Waals surface area contributed by atoms with Crippen molar-refractivity contribution in [3.8, 4) is 6.07 Å². The molecule has 0 saturated carbocycles. The van der Waals surface area contributed by atoms with E-state index in [4.69, 9.17) is 5.26 Å². The Morgan fingerprint density at radius 1 is 1.50 bits per heavy atom. The predicted octanol–water partition coefficient (Wildman–Crippen LogP) is 2.72. The molecule has 0 unspecified atom stereocenters. The number of nitriles is 1. The Labute approximate surface area is 83.2 Å². The Bertz CT molecular complexity index is 553. The van der Waals surface area contributed by atoms with Crippen LogP contribution in [0.15, 0.2) is 18.2 Å². The summed E-state index contributed by atoms with van der Waals surface area (Å²) in [5, 5.41) is 9.10. The third-order valence-electron chi connectivity index (χ3n) is 1.89. The van der Waals surface area contributed by atoms with Crippen LogP contribution in [-0.2, 0) is 0 Å². The second-order valence-electron chi connectivity index (χ2n) is 2.72. The number of halogens is 1. The Morgan fingerprint density at radius 2 is 2.29 bits per heavy atom. The molecule has 0 amide bonds. The van der Waals surface area contributed by atoms with Gasteiger partial charge in [0.15, 0.2) is 6.29 Å². The lowest BCUT2D eigenvalue weighted by Crippen LogP contribution is -1.78. The normalized spacial score (nSPS) is 10.0. The zero-order chi connectivity index (χ0) is 10.1. The molecule has 2 aromatic rings. The van der Waals surface area contributed by atoms with Crippen LogP contribution in [0.25, 0.3) is 10.1 Å². The number of fused-ring (bicyclic) bond motifs is 1. The summed E-state index contributed by atoms with van der Waals surface area (Å²) >= 11 is 1.13. The van der Waals surface area contributed by atoms with Crippen molar-refractivity contribution >= 4 is 27.7 Å². The molecule has 2 nitrogen and oxygen atoms in total. The Morgan fingerprint density at radius 3 is 2.93 bits per heavy atom. The lowest BCUT2D eigenvalue weighted by Gasteiger charge is -1.92. The van der Waals surface area contributed by atoms with Crippen molar-refractivity contribution in [2.45, 2.75) is 0 Å². The molecule has 0 aliphatic heterocycles. The minimum Gasteiger partial charge on any atom is -0.297 e. The minimum atomic E-state index is -0.400. The van der Waals surface area contributed by atoms with Gasteiger partial charge in [0, 0.05) is 5.39 Å². The molecule has 0 aliphatic carbocycles. The first-order chi connectivity index (χ1) is 6.76. The molecule has 0 spiro atoms. The molecule has 0 aliphatic rings. The van der Waals surface area contributed by atoms with Gasteiger partial charge in [-0.25, -0.2) is 4.39 Å². The molecule has 0 N–H and O–H groups in total. The summed E-state index contributed by atoms with van der Waals surface area (Å²) in [6, 6.07) is 6.08. The second kappa shape index (κ2) is 3.20. The van der Waals surface area contributed by atoms with Crippen LogP contribution >= 0.6 is 11.3 Å². The van der Waals surface area contributed by atoms with E-state index < -0.39 is 5.82 Å². The van der Waals surface area contributed by atoms with Crippen molar-refractivity contribution in [1.82, 2.24) is 0 Å². The monoisotopic (exact) mass is 205 g/mol. The third kappa shape index (κ3) is 1.19. The van der Waals surface area contributed by atoms with Crippen molar-refractivity contribution in [3.63, 3.8) is 0 Å². The van der Waals surface area contributed by atoms with Gasteiger partial charge in [-0.1, -0.05) is 0 Å². The summed E-state index contributed by atoms with van der Waals surface area (Å²) in [6.45, 7) is 0. The second-order valence-corrected chi connectivity index (χ2v) is 3.80. The summed E-state index contributed by atoms with van der Waals surface area (Å²) < 4.78 is 13.8. The molecular formula is C10H4FNOS. The van der Waals surface area contributed by atoms with Crippen LogP contribution in [0.3, 0.4) is 0 Å². The van der Waals surface area contributed by atoms with E-state index in [9.17, 15) is 9.18 Å². The van der Waals surface area contributed by atoms with Gasteiger partial charge in [0.2, 0.25) is 0 Å². The first kappa shape index (κ1) is 8.85. The number of carbonyl (C=O) groups excluding carboxylic acids is 1. The first-order valence-electron chi connectivity index (χ1n) is 3.83. The van der Waals surface area contributed by atoms with E-state index >= 15 is 0 Å². The van der Waals surface area contributed by atoms with E-state index in [-0.39, 0.29) is 0 Å². The van der Waals surface area contributed by atoms with Crippen molar-refractivity contribution in [3.05, 3.63) is 34.5 Å². The van der Waals surface area contributed by atoms with Crippen LogP contribution in [0.1, 0.15) is 15.2 Å². The van der Waals surface area contributed by atoms with Crippen molar-refractivity contribution < 1.29 is 9.18 Å². The summed E-state index contributed by atoms with van der Waals surface area (Å²) in [6.07, 6.45) is 0.658. The van der Waals surface area contributed by atoms with E-state index in [1.54, 1.807) is 0 Å². The number of benzene rings is 1. The number of hydrogen-bond donors (Lipinski definition) is 0. The van der Waals surface area contributed by atoms with Gasteiger partial charge in [-0.05, 0) is 18.2 Å². The number of rotatable bonds is 1. The van der Waals surface area contributed by atoms with Gasteiger partial charge in [-0.15, -0.1) is 11.3 Å². The van der Waals surface area contributed by atoms with E-state index in [0.29, 0.717) is 26.8 Å². The van der Waals surface area contributed by atoms with E-state index in [2.05, 4.69) is 0 Å². The zero-order valence-electron chi connectivity index (χ0n) is 6.95. The lowest BCUT2D eigenvalue weighted by atomic mass is 10.2. The number of carbonyl (C=O) groups is 1. The molecule has 1 aromatic carbocycles. The molecule has 1 aromatic heterocycles. The van der Waals surface area contributed by atoms with Gasteiger partial charge in [-0.2, -0.15) is 5.26 Å². The molecule has 1 heterocycles. The lowest BCUT2D eigenvalue weighted by molar-refractivity contribution is 0.112. The fraction of sp³-hybridized carbons (Fsp3) is 0. The molecule has 0 atom stereocenters. The summed E-state index contributed by atoms with van der Waals surface area (Å²) in [7, 11) is 0. The maximum atomic E-state index is 13.2. The highest BCUT2D eigenvalue weighted by atomic mass is 32.1. The van der Waals surface area contributed by atoms with Crippen LogP contribution in [0.4, 0.5) is 4.39 Å². The highest BCUT2D eigenvalue weighted by Crippen LogP contribution is 2.29. The van der Waals surface area contributed by atoms with Crippen LogP contribution in [0.5, 0.6) is 0 Å². The number of thiophene rings is 1. The largest absolute Gasteiger partial charge is 0.297 e. The molecule has 2 rings (SSSR count). The fourth-order valence-corrected chi connectivity index (χ4v) is 2.21. The molecule has 0 saturated heterocycles. The number of hydrogen-bond acceptors (Lipinski definition) is 3. The topological polar surface area (TPSA) is 40.9 Å². The van der Waals surface area contributed by atoms with Gasteiger partial charge < -0.3 is 0 Å². The minimum absolute atomic E-state index is 0.344. The average molecular weight is 205 g/mol. The molecule has 14 heavy (non-hydrogen) atoms. The van der Waals surface area contributed by atoms with E-state index in [1.165, 1.54) is 18.2 Å². The Hall–Kier alpha value is -1.73. The summed E-state index contributed by atoms with van der Waals surface area (Å²) in [5.41, 5.74) is 0.402. The van der Waals surface area contributed by atoms with Gasteiger partial charge in [0.25, 0.3) is 0 Å². The maximum Gasteiger partial charge on any atom is 0.160 e. The maximum absolute atomic E-state index is 13.2. The van der Waals surface area contributed by atoms with Crippen LogP contribution in [0.2, 0.25) is 0 Å². The van der Waals surface area contributed by atoms with Crippen molar-refractivity contribution in [2.24, 2.45) is 0 Å². The Balaban J connectivity index is 2.89. The van der Waals surface area contributed by atoms with Crippen LogP contribution < -0.4 is 0 Å². The van der Waals surface area contributed by atoms with Gasteiger partial charge in [-0.3, -0.25) is 4.79 Å². The fourth-order valence-electron chi connectivity index (χ4n) is 1.26. The predicted molar refractivity (Wildman–Crippen MR) is 51.9 cm³/mol. The molecule has 4 heteroatoms. The molecular weight excluding hydrogens is 201 g/mol. The van der Waals surface area contributed by atoms with E-state index in [1.807, 2.05) is 6.07 Å². The van der Waals surface area contributed by atoms with Gasteiger partial charge in [0.1, 0.15) is 11.9 Å². The molecule has 0 radical (unpaired) electrons. The smallest absolute Gasteiger partial charge is 0.160 e. The van der Waals surface area contributed by atoms with Gasteiger partial charge in [0.05, 0.1) is 15.1 Å². The Kier molecular flexibility index (Phi) is 2.02. The highest BCUT2D eigenvalue weighted by Gasteiger charge is 2.09. The molecule has 0 bridgehead atoms. The standard InChI is InChI=1S/C10H4FNOS/c11-9-2-1-6(4-12)10-8(9)3-7(5-13)14-10/h1-3,5H. The van der Waals surface area contributed by atoms with Gasteiger partial charge >= 0.3 is 0 Å². The highest BCUT2D eigenvalue weighted by molar-refractivity contribution is 7.20. The summed E-state index contributed by atoms with van der Waals surface area (Å²) in [4.78, 5) is 10.9. The number of aldehydes is 1. The molecule has 0 fully saturated rings. The van der Waals surface area contributed by atoms with E-state index in [0.717, 1.165) is 11.3 Å². The summed E-state index contributed by atoms with van der Waals surface area (Å²) in [5.74, 6) is -0.400.